The standard InChI is InChI=1S/C27H26Cl2N6O4/c1-37-19-12-20(38-2)23(29)25(22(19)28)34-27(36)18-5-3-4-17-24(18)31-15-32-26(17)33-21-7-6-16(13-30-21)14-35-8-10-39-11-9-35/h3-7,12-13,15H,8-11,14H2,1-2H3,(H,34,36)(H,30,31,32,33). The number of hydrogen-bond donors (Lipinski definition) is 2. The maximum absolute atomic E-state index is 13.4. The zero-order valence-electron chi connectivity index (χ0n) is 21.3. The first-order valence-corrected chi connectivity index (χ1v) is 12.9. The Balaban J connectivity index is 1.39. The smallest absolute Gasteiger partial charge is 0.257 e. The fraction of sp³-hybridized carbons (Fsp3) is 0.259. The van der Waals surface area contributed by atoms with Crippen molar-refractivity contribution in [2.24, 2.45) is 0 Å². The second-order valence-corrected chi connectivity index (χ2v) is 9.48. The van der Waals surface area contributed by atoms with E-state index in [4.69, 9.17) is 37.4 Å². The molecule has 2 N–H and O–H groups in total. The maximum Gasteiger partial charge on any atom is 0.257 e. The number of para-hydroxylation sites is 1. The summed E-state index contributed by atoms with van der Waals surface area (Å²) in [4.78, 5) is 29.0. The van der Waals surface area contributed by atoms with Gasteiger partial charge in [-0.1, -0.05) is 35.3 Å². The van der Waals surface area contributed by atoms with Crippen molar-refractivity contribution in [2.75, 3.05) is 51.2 Å². The van der Waals surface area contributed by atoms with Crippen LogP contribution in [0.15, 0.2) is 48.9 Å². The van der Waals surface area contributed by atoms with E-state index in [1.165, 1.54) is 20.5 Å². The molecule has 202 valence electrons. The van der Waals surface area contributed by atoms with Gasteiger partial charge in [0.2, 0.25) is 0 Å². The molecule has 0 saturated carbocycles. The molecule has 5 rings (SSSR count). The first kappa shape index (κ1) is 26.9. The number of amides is 1. The normalized spacial score (nSPS) is 13.7. The molecule has 10 nitrogen and oxygen atoms in total. The van der Waals surface area contributed by atoms with Gasteiger partial charge < -0.3 is 24.8 Å². The molecule has 4 aromatic rings. The molecule has 1 saturated heterocycles. The summed E-state index contributed by atoms with van der Waals surface area (Å²) in [6.45, 7) is 4.14. The number of benzene rings is 2. The number of morpholine rings is 1. The van der Waals surface area contributed by atoms with Gasteiger partial charge in [-0.05, 0) is 23.8 Å². The molecule has 3 heterocycles. The predicted molar refractivity (Wildman–Crippen MR) is 151 cm³/mol. The number of methoxy groups -OCH3 is 2. The largest absolute Gasteiger partial charge is 0.495 e. The molecule has 2 aromatic carbocycles. The Kier molecular flexibility index (Phi) is 8.27. The van der Waals surface area contributed by atoms with E-state index in [0.29, 0.717) is 39.6 Å². The summed E-state index contributed by atoms with van der Waals surface area (Å²) < 4.78 is 16.0. The molecule has 0 atom stereocenters. The summed E-state index contributed by atoms with van der Waals surface area (Å²) in [6.07, 6.45) is 3.23. The Labute approximate surface area is 235 Å². The lowest BCUT2D eigenvalue weighted by molar-refractivity contribution is 0.0341. The number of aromatic nitrogens is 3. The van der Waals surface area contributed by atoms with Crippen molar-refractivity contribution in [2.45, 2.75) is 6.54 Å². The van der Waals surface area contributed by atoms with Crippen LogP contribution < -0.4 is 20.1 Å². The second kappa shape index (κ2) is 12.0. The van der Waals surface area contributed by atoms with Gasteiger partial charge in [0.15, 0.2) is 0 Å². The van der Waals surface area contributed by atoms with E-state index in [1.54, 1.807) is 18.2 Å². The maximum atomic E-state index is 13.4. The summed E-state index contributed by atoms with van der Waals surface area (Å²) in [7, 11) is 2.92. The number of anilines is 3. The van der Waals surface area contributed by atoms with E-state index in [0.717, 1.165) is 38.4 Å². The van der Waals surface area contributed by atoms with E-state index in [1.807, 2.05) is 24.4 Å². The van der Waals surface area contributed by atoms with Crippen molar-refractivity contribution < 1.29 is 19.0 Å². The second-order valence-electron chi connectivity index (χ2n) is 8.73. The molecule has 0 aliphatic carbocycles. The van der Waals surface area contributed by atoms with E-state index < -0.39 is 5.91 Å². The third kappa shape index (κ3) is 5.84. The van der Waals surface area contributed by atoms with E-state index >= 15 is 0 Å². The zero-order valence-corrected chi connectivity index (χ0v) is 22.8. The number of hydrogen-bond acceptors (Lipinski definition) is 9. The third-order valence-corrected chi connectivity index (χ3v) is 7.05. The average Bonchev–Trinajstić information content (AvgIpc) is 2.97. The molecule has 12 heteroatoms. The summed E-state index contributed by atoms with van der Waals surface area (Å²) in [5.74, 6) is 1.29. The van der Waals surface area contributed by atoms with Crippen LogP contribution in [-0.4, -0.2) is 66.3 Å². The van der Waals surface area contributed by atoms with Crippen molar-refractivity contribution in [3.63, 3.8) is 0 Å². The average molecular weight is 569 g/mol. The van der Waals surface area contributed by atoms with Crippen molar-refractivity contribution >= 4 is 57.3 Å². The molecule has 0 unspecified atom stereocenters. The van der Waals surface area contributed by atoms with Gasteiger partial charge in [0.05, 0.1) is 44.2 Å². The summed E-state index contributed by atoms with van der Waals surface area (Å²) in [5, 5.41) is 6.96. The van der Waals surface area contributed by atoms with Gasteiger partial charge in [0.1, 0.15) is 39.5 Å². The van der Waals surface area contributed by atoms with Crippen molar-refractivity contribution in [3.8, 4) is 11.5 Å². The van der Waals surface area contributed by atoms with Crippen LogP contribution in [0, 0.1) is 0 Å². The lowest BCUT2D eigenvalue weighted by atomic mass is 10.1. The Bertz CT molecular complexity index is 1470. The highest BCUT2D eigenvalue weighted by Crippen LogP contribution is 2.44. The van der Waals surface area contributed by atoms with Gasteiger partial charge in [-0.2, -0.15) is 0 Å². The van der Waals surface area contributed by atoms with Crippen LogP contribution in [0.2, 0.25) is 10.0 Å². The SMILES string of the molecule is COc1cc(OC)c(Cl)c(NC(=O)c2cccc3c(Nc4ccc(CN5CCOCC5)cn4)ncnc23)c1Cl. The highest BCUT2D eigenvalue weighted by molar-refractivity contribution is 6.42. The van der Waals surface area contributed by atoms with Crippen molar-refractivity contribution in [1.29, 1.82) is 0 Å². The molecule has 1 amide bonds. The minimum Gasteiger partial charge on any atom is -0.495 e. The first-order chi connectivity index (χ1) is 19.0. The van der Waals surface area contributed by atoms with Crippen LogP contribution in [-0.2, 0) is 11.3 Å². The fourth-order valence-electron chi connectivity index (χ4n) is 4.28. The fourth-order valence-corrected chi connectivity index (χ4v) is 4.87. The van der Waals surface area contributed by atoms with E-state index in [-0.39, 0.29) is 15.7 Å². The molecule has 1 aliphatic rings. The number of carbonyl (C=O) groups excluding carboxylic acids is 1. The molecular formula is C27H26Cl2N6O4. The molecule has 0 spiro atoms. The van der Waals surface area contributed by atoms with Gasteiger partial charge in [-0.25, -0.2) is 15.0 Å². The van der Waals surface area contributed by atoms with Crippen LogP contribution >= 0.6 is 23.2 Å². The minimum atomic E-state index is -0.463. The van der Waals surface area contributed by atoms with Gasteiger partial charge in [0.25, 0.3) is 5.91 Å². The van der Waals surface area contributed by atoms with Crippen LogP contribution in [0.3, 0.4) is 0 Å². The number of rotatable bonds is 8. The predicted octanol–water partition coefficient (Wildman–Crippen LogP) is 5.18. The lowest BCUT2D eigenvalue weighted by Gasteiger charge is -2.26. The summed E-state index contributed by atoms with van der Waals surface area (Å²) >= 11 is 12.9. The number of nitrogens with one attached hydrogen (secondary N) is 2. The Morgan fingerprint density at radius 3 is 2.44 bits per heavy atom. The molecule has 39 heavy (non-hydrogen) atoms. The summed E-state index contributed by atoms with van der Waals surface area (Å²) in [5.41, 5.74) is 2.03. The molecular weight excluding hydrogens is 543 g/mol. The number of ether oxygens (including phenoxy) is 3. The Morgan fingerprint density at radius 2 is 1.77 bits per heavy atom. The van der Waals surface area contributed by atoms with Gasteiger partial charge in [0, 0.05) is 37.3 Å². The highest BCUT2D eigenvalue weighted by Gasteiger charge is 2.21. The molecule has 1 aliphatic heterocycles. The van der Waals surface area contributed by atoms with Crippen LogP contribution in [0.5, 0.6) is 11.5 Å². The first-order valence-electron chi connectivity index (χ1n) is 12.2. The van der Waals surface area contributed by atoms with Crippen molar-refractivity contribution in [1.82, 2.24) is 19.9 Å². The van der Waals surface area contributed by atoms with Crippen LogP contribution in [0.4, 0.5) is 17.3 Å². The third-order valence-electron chi connectivity index (χ3n) is 6.30. The Hall–Kier alpha value is -3.70. The van der Waals surface area contributed by atoms with E-state index in [9.17, 15) is 4.79 Å². The topological polar surface area (TPSA) is 111 Å². The highest BCUT2D eigenvalue weighted by atomic mass is 35.5. The monoisotopic (exact) mass is 568 g/mol. The van der Waals surface area contributed by atoms with E-state index in [2.05, 4.69) is 30.5 Å². The zero-order chi connectivity index (χ0) is 27.4. The number of carbonyl (C=O) groups is 1. The van der Waals surface area contributed by atoms with Gasteiger partial charge >= 0.3 is 0 Å². The number of pyridine rings is 1. The summed E-state index contributed by atoms with van der Waals surface area (Å²) in [6, 6.07) is 10.7. The lowest BCUT2D eigenvalue weighted by Crippen LogP contribution is -2.35. The number of fused-ring (bicyclic) bond motifs is 1. The van der Waals surface area contributed by atoms with Gasteiger partial charge in [-0.15, -0.1) is 0 Å². The molecule has 0 bridgehead atoms. The Morgan fingerprint density at radius 1 is 1.03 bits per heavy atom. The number of nitrogens with zero attached hydrogens (tertiary/aromatic N) is 4. The minimum absolute atomic E-state index is 0.150. The quantitative estimate of drug-likeness (QED) is 0.297. The molecule has 0 radical (unpaired) electrons. The van der Waals surface area contributed by atoms with Crippen molar-refractivity contribution in [3.05, 3.63) is 70.1 Å². The van der Waals surface area contributed by atoms with Gasteiger partial charge in [-0.3, -0.25) is 9.69 Å². The molecule has 2 aromatic heterocycles. The van der Waals surface area contributed by atoms with Crippen LogP contribution in [0.1, 0.15) is 15.9 Å². The number of halogens is 2. The molecule has 1 fully saturated rings. The van der Waals surface area contributed by atoms with Crippen LogP contribution in [0.25, 0.3) is 10.9 Å².